The fourth-order valence-corrected chi connectivity index (χ4v) is 2.27. The third kappa shape index (κ3) is 1.13. The van der Waals surface area contributed by atoms with E-state index in [4.69, 9.17) is 0 Å². The summed E-state index contributed by atoms with van der Waals surface area (Å²) < 4.78 is 0. The van der Waals surface area contributed by atoms with Crippen molar-refractivity contribution >= 4 is 5.57 Å². The van der Waals surface area contributed by atoms with Crippen LogP contribution in [0, 0.1) is 5.92 Å². The Morgan fingerprint density at radius 3 is 2.15 bits per heavy atom. The van der Waals surface area contributed by atoms with Crippen LogP contribution in [0.1, 0.15) is 38.3 Å². The van der Waals surface area contributed by atoms with Crippen LogP contribution in [0.4, 0.5) is 0 Å². The minimum atomic E-state index is 1.15. The lowest BCUT2D eigenvalue weighted by atomic mass is 9.96. The van der Waals surface area contributed by atoms with Crippen LogP contribution in [0.5, 0.6) is 0 Å². The molecular formula is C13H15. The van der Waals surface area contributed by atoms with E-state index in [2.05, 4.69) is 45.0 Å². The second-order valence-electron chi connectivity index (χ2n) is 3.63. The molecule has 0 nitrogen and oxygen atoms in total. The molecule has 0 spiro atoms. The van der Waals surface area contributed by atoms with Crippen molar-refractivity contribution in [2.45, 2.75) is 27.2 Å². The molecule has 1 aromatic rings. The number of fused-ring (bicyclic) bond motifs is 1. The van der Waals surface area contributed by atoms with Gasteiger partial charge in [0.15, 0.2) is 0 Å². The average Bonchev–Trinajstić information content (AvgIpc) is 2.41. The zero-order chi connectivity index (χ0) is 9.42. The topological polar surface area (TPSA) is 0 Å². The van der Waals surface area contributed by atoms with Gasteiger partial charge in [-0.15, -0.1) is 0 Å². The molecule has 0 fully saturated rings. The minimum absolute atomic E-state index is 1.15. The van der Waals surface area contributed by atoms with Gasteiger partial charge >= 0.3 is 0 Å². The second-order valence-corrected chi connectivity index (χ2v) is 3.63. The quantitative estimate of drug-likeness (QED) is 0.602. The van der Waals surface area contributed by atoms with Crippen molar-refractivity contribution in [2.24, 2.45) is 0 Å². The number of allylic oxidation sites excluding steroid dienone is 2. The lowest BCUT2D eigenvalue weighted by Gasteiger charge is -2.07. The van der Waals surface area contributed by atoms with E-state index in [1.807, 2.05) is 0 Å². The van der Waals surface area contributed by atoms with Crippen molar-refractivity contribution < 1.29 is 0 Å². The highest BCUT2D eigenvalue weighted by molar-refractivity contribution is 5.81. The van der Waals surface area contributed by atoms with Gasteiger partial charge < -0.3 is 0 Å². The lowest BCUT2D eigenvalue weighted by Crippen LogP contribution is -1.92. The van der Waals surface area contributed by atoms with Crippen LogP contribution in [-0.4, -0.2) is 0 Å². The molecule has 0 unspecified atom stereocenters. The van der Waals surface area contributed by atoms with Crippen molar-refractivity contribution in [3.05, 3.63) is 46.9 Å². The highest BCUT2D eigenvalue weighted by atomic mass is 14.3. The van der Waals surface area contributed by atoms with Gasteiger partial charge in [0, 0.05) is 5.92 Å². The molecule has 1 radical (unpaired) electrons. The molecule has 1 aliphatic rings. The molecule has 0 aromatic heterocycles. The lowest BCUT2D eigenvalue weighted by molar-refractivity contribution is 1.05. The Morgan fingerprint density at radius 1 is 1.00 bits per heavy atom. The normalized spacial score (nSPS) is 16.5. The van der Waals surface area contributed by atoms with E-state index in [0.717, 1.165) is 6.42 Å². The maximum absolute atomic E-state index is 2.23. The molecule has 67 valence electrons. The predicted octanol–water partition coefficient (Wildman–Crippen LogP) is 3.83. The Morgan fingerprint density at radius 2 is 1.62 bits per heavy atom. The number of benzene rings is 1. The van der Waals surface area contributed by atoms with Gasteiger partial charge in [0.1, 0.15) is 0 Å². The minimum Gasteiger partial charge on any atom is -0.0619 e. The highest BCUT2D eigenvalue weighted by Crippen LogP contribution is 2.41. The molecular weight excluding hydrogens is 156 g/mol. The van der Waals surface area contributed by atoms with E-state index < -0.39 is 0 Å². The summed E-state index contributed by atoms with van der Waals surface area (Å²) in [5.41, 5.74) is 5.85. The number of rotatable bonds is 1. The maximum atomic E-state index is 2.23. The fraction of sp³-hybridized carbons (Fsp3) is 0.308. The highest BCUT2D eigenvalue weighted by Gasteiger charge is 2.23. The van der Waals surface area contributed by atoms with Crippen molar-refractivity contribution in [3.63, 3.8) is 0 Å². The number of hydrogen-bond donors (Lipinski definition) is 0. The van der Waals surface area contributed by atoms with Crippen molar-refractivity contribution in [2.75, 3.05) is 0 Å². The van der Waals surface area contributed by atoms with Crippen LogP contribution in [0.2, 0.25) is 0 Å². The van der Waals surface area contributed by atoms with Crippen LogP contribution in [0.3, 0.4) is 0 Å². The second kappa shape index (κ2) is 3.02. The summed E-state index contributed by atoms with van der Waals surface area (Å²) in [7, 11) is 0. The van der Waals surface area contributed by atoms with Crippen LogP contribution in [0.15, 0.2) is 29.8 Å². The Hall–Kier alpha value is -1.04. The van der Waals surface area contributed by atoms with Gasteiger partial charge in [-0.25, -0.2) is 0 Å². The summed E-state index contributed by atoms with van der Waals surface area (Å²) in [6.07, 6.45) is 1.15. The molecule has 0 saturated carbocycles. The third-order valence-corrected chi connectivity index (χ3v) is 2.99. The molecule has 0 bridgehead atoms. The van der Waals surface area contributed by atoms with Gasteiger partial charge in [-0.1, -0.05) is 43.7 Å². The average molecular weight is 171 g/mol. The van der Waals surface area contributed by atoms with Gasteiger partial charge in [-0.3, -0.25) is 0 Å². The Labute approximate surface area is 80.3 Å². The van der Waals surface area contributed by atoms with Gasteiger partial charge in [0.05, 0.1) is 0 Å². The Bertz CT molecular complexity index is 358. The van der Waals surface area contributed by atoms with Crippen LogP contribution >= 0.6 is 0 Å². The monoisotopic (exact) mass is 171 g/mol. The number of hydrogen-bond acceptors (Lipinski definition) is 0. The smallest absolute Gasteiger partial charge is 0.0277 e. The molecule has 0 N–H and O–H groups in total. The molecule has 0 heterocycles. The predicted molar refractivity (Wildman–Crippen MR) is 57.3 cm³/mol. The summed E-state index contributed by atoms with van der Waals surface area (Å²) in [6, 6.07) is 8.68. The first kappa shape index (κ1) is 8.55. The summed E-state index contributed by atoms with van der Waals surface area (Å²) in [5.74, 6) is 1.47. The van der Waals surface area contributed by atoms with E-state index in [1.165, 1.54) is 28.2 Å². The molecule has 13 heavy (non-hydrogen) atoms. The van der Waals surface area contributed by atoms with Crippen LogP contribution in [-0.2, 0) is 0 Å². The van der Waals surface area contributed by atoms with E-state index >= 15 is 0 Å². The van der Waals surface area contributed by atoms with Crippen LogP contribution < -0.4 is 0 Å². The van der Waals surface area contributed by atoms with Gasteiger partial charge in [-0.2, -0.15) is 0 Å². The molecule has 1 aliphatic carbocycles. The van der Waals surface area contributed by atoms with E-state index in [0.29, 0.717) is 0 Å². The Balaban J connectivity index is 2.58. The van der Waals surface area contributed by atoms with Gasteiger partial charge in [0.25, 0.3) is 0 Å². The summed E-state index contributed by atoms with van der Waals surface area (Å²) in [6.45, 7) is 6.69. The fourth-order valence-electron chi connectivity index (χ4n) is 2.27. The summed E-state index contributed by atoms with van der Waals surface area (Å²) >= 11 is 0. The van der Waals surface area contributed by atoms with Gasteiger partial charge in [0.2, 0.25) is 0 Å². The molecule has 0 amide bonds. The molecule has 0 atom stereocenters. The first-order valence-electron chi connectivity index (χ1n) is 4.89. The van der Waals surface area contributed by atoms with Crippen molar-refractivity contribution in [3.8, 4) is 0 Å². The molecule has 0 aliphatic heterocycles. The van der Waals surface area contributed by atoms with Crippen LogP contribution in [0.25, 0.3) is 5.57 Å². The standard InChI is InChI=1S/C13H15/c1-4-11-9(2)12-7-5-6-8-13(12)10(11)3/h5-8H,4H2,1-3H3. The van der Waals surface area contributed by atoms with E-state index in [-0.39, 0.29) is 0 Å². The molecule has 2 rings (SSSR count). The Kier molecular flexibility index (Phi) is 1.99. The largest absolute Gasteiger partial charge is 0.0619 e. The zero-order valence-electron chi connectivity index (χ0n) is 8.52. The summed E-state index contributed by atoms with van der Waals surface area (Å²) in [5, 5.41) is 0. The first-order chi connectivity index (χ1) is 6.25. The molecule has 0 saturated heterocycles. The van der Waals surface area contributed by atoms with Crippen molar-refractivity contribution in [1.29, 1.82) is 0 Å². The molecule has 0 heteroatoms. The van der Waals surface area contributed by atoms with Gasteiger partial charge in [-0.05, 0) is 30.0 Å². The SMILES string of the molecule is CCC1=C(C)c2ccccc2[C]1C. The maximum Gasteiger partial charge on any atom is 0.0277 e. The zero-order valence-corrected chi connectivity index (χ0v) is 8.52. The first-order valence-corrected chi connectivity index (χ1v) is 4.89. The molecule has 1 aromatic carbocycles. The third-order valence-electron chi connectivity index (χ3n) is 2.99. The van der Waals surface area contributed by atoms with E-state index in [9.17, 15) is 0 Å². The van der Waals surface area contributed by atoms with E-state index in [1.54, 1.807) is 0 Å². The summed E-state index contributed by atoms with van der Waals surface area (Å²) in [4.78, 5) is 0. The van der Waals surface area contributed by atoms with Crippen molar-refractivity contribution in [1.82, 2.24) is 0 Å².